The number of hydrogen-bond acceptors (Lipinski definition) is 4. The molecule has 7 heteroatoms. The average molecular weight is 159 g/mol. The fourth-order valence-electron chi connectivity index (χ4n) is 0.0667. The number of nitrogens with two attached hydrogens (primary N) is 4. The Labute approximate surface area is 57.3 Å². The standard InChI is InChI=1S/CH8N6.Mn/c2-1(6-3)7(4)5;/h3-5H2,(H2,2,6);. The molecule has 1 radical (unpaired) electrons. The molecular formula is CH8MnN6. The van der Waals surface area contributed by atoms with Crippen molar-refractivity contribution in [1.29, 1.82) is 0 Å². The number of nitrogens with zero attached hydrogens (tertiary/aromatic N) is 2. The van der Waals surface area contributed by atoms with Gasteiger partial charge in [-0.25, -0.2) is 16.8 Å². The summed E-state index contributed by atoms with van der Waals surface area (Å²) in [6, 6.07) is 0. The van der Waals surface area contributed by atoms with E-state index in [0.717, 1.165) is 0 Å². The summed E-state index contributed by atoms with van der Waals surface area (Å²) in [6.45, 7) is 0. The molecule has 0 heterocycles. The van der Waals surface area contributed by atoms with Gasteiger partial charge in [0.15, 0.2) is 0 Å². The zero-order chi connectivity index (χ0) is 5.86. The third kappa shape index (κ3) is 3.69. The first-order valence-electron chi connectivity index (χ1n) is 1.51. The molecule has 0 spiro atoms. The molecule has 0 aliphatic rings. The Hall–Kier alpha value is -0.491. The molecule has 0 saturated heterocycles. The molecule has 0 bridgehead atoms. The van der Waals surface area contributed by atoms with E-state index in [1.807, 2.05) is 0 Å². The average Bonchev–Trinajstić information content (AvgIpc) is 1.65. The molecule has 0 aromatic heterocycles. The molecular weight excluding hydrogens is 151 g/mol. The van der Waals surface area contributed by atoms with Gasteiger partial charge in [-0.05, 0) is 0 Å². The molecule has 0 aliphatic carbocycles. The SMILES string of the molecule is NN=C(N)N(N)N.[Mn]. The van der Waals surface area contributed by atoms with Crippen LogP contribution in [0.3, 0.4) is 0 Å². The van der Waals surface area contributed by atoms with E-state index in [9.17, 15) is 0 Å². The number of guanidine groups is 1. The van der Waals surface area contributed by atoms with E-state index < -0.39 is 0 Å². The molecule has 6 nitrogen and oxygen atoms in total. The molecule has 0 saturated carbocycles. The molecule has 0 aliphatic heterocycles. The van der Waals surface area contributed by atoms with Crippen molar-refractivity contribution in [2.75, 3.05) is 0 Å². The van der Waals surface area contributed by atoms with Gasteiger partial charge in [-0.15, -0.1) is 5.10 Å². The van der Waals surface area contributed by atoms with Gasteiger partial charge in [-0.3, -0.25) is 0 Å². The minimum atomic E-state index is -0.111. The summed E-state index contributed by atoms with van der Waals surface area (Å²) in [4.78, 5) is 0. The minimum absolute atomic E-state index is 0. The van der Waals surface area contributed by atoms with Crippen LogP contribution < -0.4 is 23.3 Å². The van der Waals surface area contributed by atoms with Crippen molar-refractivity contribution < 1.29 is 17.1 Å². The van der Waals surface area contributed by atoms with Crippen molar-refractivity contribution in [3.8, 4) is 0 Å². The van der Waals surface area contributed by atoms with E-state index in [1.165, 1.54) is 0 Å². The smallest absolute Gasteiger partial charge is 0.242 e. The van der Waals surface area contributed by atoms with Crippen molar-refractivity contribution in [2.24, 2.45) is 28.4 Å². The Morgan fingerprint density at radius 3 is 1.75 bits per heavy atom. The van der Waals surface area contributed by atoms with Crippen LogP contribution in [0.1, 0.15) is 0 Å². The van der Waals surface area contributed by atoms with E-state index in [1.54, 1.807) is 0 Å². The zero-order valence-electron chi connectivity index (χ0n) is 4.08. The summed E-state index contributed by atoms with van der Waals surface area (Å²) in [5, 5.41) is 3.58. The molecule has 49 valence electrons. The predicted octanol–water partition coefficient (Wildman–Crippen LogP) is -2.78. The van der Waals surface area contributed by atoms with Crippen LogP contribution in [0.5, 0.6) is 0 Å². The zero-order valence-corrected chi connectivity index (χ0v) is 5.26. The van der Waals surface area contributed by atoms with Crippen molar-refractivity contribution in [3.63, 3.8) is 0 Å². The minimum Gasteiger partial charge on any atom is -0.366 e. The Morgan fingerprint density at radius 2 is 1.75 bits per heavy atom. The largest absolute Gasteiger partial charge is 0.366 e. The molecule has 0 aromatic carbocycles. The normalized spacial score (nSPS) is 10.0. The van der Waals surface area contributed by atoms with Gasteiger partial charge in [0.05, 0.1) is 0 Å². The summed E-state index contributed by atoms with van der Waals surface area (Å²) >= 11 is 0. The quantitative estimate of drug-likeness (QED) is 0.100. The topological polar surface area (TPSA) is 120 Å². The second-order valence-corrected chi connectivity index (χ2v) is 0.895. The second kappa shape index (κ2) is 4.66. The second-order valence-electron chi connectivity index (χ2n) is 0.895. The Balaban J connectivity index is 0. The summed E-state index contributed by atoms with van der Waals surface area (Å²) in [5.74, 6) is 14.2. The van der Waals surface area contributed by atoms with Crippen molar-refractivity contribution in [3.05, 3.63) is 0 Å². The van der Waals surface area contributed by atoms with Crippen LogP contribution in [0.4, 0.5) is 0 Å². The number of rotatable bonds is 0. The van der Waals surface area contributed by atoms with Crippen LogP contribution in [0.2, 0.25) is 0 Å². The molecule has 0 unspecified atom stereocenters. The van der Waals surface area contributed by atoms with Crippen molar-refractivity contribution >= 4 is 5.96 Å². The third-order valence-corrected chi connectivity index (χ3v) is 0.397. The predicted molar refractivity (Wildman–Crippen MR) is 26.0 cm³/mol. The van der Waals surface area contributed by atoms with Crippen LogP contribution in [0, 0.1) is 0 Å². The van der Waals surface area contributed by atoms with Gasteiger partial charge in [0.25, 0.3) is 0 Å². The molecule has 0 rings (SSSR count). The number of hydrogen-bond donors (Lipinski definition) is 4. The Morgan fingerprint density at radius 1 is 1.38 bits per heavy atom. The van der Waals surface area contributed by atoms with Crippen LogP contribution >= 0.6 is 0 Å². The number of hydrazine groups is 2. The van der Waals surface area contributed by atoms with E-state index in [4.69, 9.17) is 17.4 Å². The Kier molecular flexibility index (Phi) is 6.11. The van der Waals surface area contributed by atoms with E-state index in [-0.39, 0.29) is 23.0 Å². The summed E-state index contributed by atoms with van der Waals surface area (Å²) in [7, 11) is 0. The maximum Gasteiger partial charge on any atom is 0.242 e. The van der Waals surface area contributed by atoms with E-state index >= 15 is 0 Å². The third-order valence-electron chi connectivity index (χ3n) is 0.397. The summed E-state index contributed by atoms with van der Waals surface area (Å²) in [6.07, 6.45) is 0. The molecule has 0 atom stereocenters. The van der Waals surface area contributed by atoms with Crippen LogP contribution in [-0.4, -0.2) is 11.1 Å². The maximum absolute atomic E-state index is 4.92. The van der Waals surface area contributed by atoms with Gasteiger partial charge in [0.2, 0.25) is 5.96 Å². The van der Waals surface area contributed by atoms with Gasteiger partial charge in [-0.1, -0.05) is 0 Å². The first-order valence-corrected chi connectivity index (χ1v) is 1.51. The van der Waals surface area contributed by atoms with Crippen molar-refractivity contribution in [1.82, 2.24) is 5.12 Å². The van der Waals surface area contributed by atoms with Crippen LogP contribution in [0.25, 0.3) is 0 Å². The van der Waals surface area contributed by atoms with Gasteiger partial charge < -0.3 is 11.6 Å². The summed E-state index contributed by atoms with van der Waals surface area (Å²) in [5.41, 5.74) is 4.92. The Bertz CT molecular complexity index is 76.6. The van der Waals surface area contributed by atoms with E-state index in [2.05, 4.69) is 10.9 Å². The molecule has 0 aromatic rings. The monoisotopic (exact) mass is 159 g/mol. The van der Waals surface area contributed by atoms with E-state index in [0.29, 0.717) is 5.12 Å². The van der Waals surface area contributed by atoms with Gasteiger partial charge in [0.1, 0.15) is 0 Å². The number of hydrazone groups is 1. The first kappa shape index (κ1) is 10.5. The van der Waals surface area contributed by atoms with Gasteiger partial charge in [0, 0.05) is 17.1 Å². The molecule has 0 amide bonds. The van der Waals surface area contributed by atoms with Gasteiger partial charge >= 0.3 is 0 Å². The van der Waals surface area contributed by atoms with Crippen LogP contribution in [-0.2, 0) is 17.1 Å². The van der Waals surface area contributed by atoms with Crippen molar-refractivity contribution in [2.45, 2.75) is 0 Å². The summed E-state index contributed by atoms with van der Waals surface area (Å²) < 4.78 is 0. The molecule has 8 heavy (non-hydrogen) atoms. The van der Waals surface area contributed by atoms with Gasteiger partial charge in [-0.2, -0.15) is 0 Å². The first-order chi connectivity index (χ1) is 3.18. The van der Waals surface area contributed by atoms with Crippen LogP contribution in [0.15, 0.2) is 5.10 Å². The molecule has 8 N–H and O–H groups in total. The molecule has 0 fully saturated rings. The fraction of sp³-hybridized carbons (Fsp3) is 0. The fourth-order valence-corrected chi connectivity index (χ4v) is 0.0667. The maximum atomic E-state index is 4.92.